The lowest BCUT2D eigenvalue weighted by Crippen LogP contribution is -2.09. The molecule has 1 aromatic heterocycles. The zero-order valence-electron chi connectivity index (χ0n) is 14.4. The van der Waals surface area contributed by atoms with E-state index >= 15 is 0 Å². The quantitative estimate of drug-likeness (QED) is 0.781. The first-order chi connectivity index (χ1) is 12.5. The number of nitrogens with one attached hydrogen (secondary N) is 1. The highest BCUT2D eigenvalue weighted by Gasteiger charge is 2.18. The summed E-state index contributed by atoms with van der Waals surface area (Å²) in [6.45, 7) is 0. The van der Waals surface area contributed by atoms with Crippen molar-refractivity contribution >= 4 is 44.3 Å². The molecule has 2 aliphatic carbocycles. The van der Waals surface area contributed by atoms with E-state index in [1.54, 1.807) is 17.4 Å². The molecule has 1 heterocycles. The summed E-state index contributed by atoms with van der Waals surface area (Å²) in [7, 11) is -3.28. The molecule has 0 aliphatic heterocycles. The summed E-state index contributed by atoms with van der Waals surface area (Å²) in [5, 5.41) is 2.14. The lowest BCUT2D eigenvalue weighted by atomic mass is 9.95. The number of hydrogen-bond donors (Lipinski definition) is 1. The Bertz CT molecular complexity index is 1080. The first-order valence-corrected chi connectivity index (χ1v) is 11.2. The second kappa shape index (κ2) is 6.74. The van der Waals surface area contributed by atoms with Crippen LogP contribution in [0.5, 0.6) is 0 Å². The molecule has 26 heavy (non-hydrogen) atoms. The van der Waals surface area contributed by atoms with Crippen molar-refractivity contribution in [2.24, 2.45) is 0 Å². The van der Waals surface area contributed by atoms with E-state index in [0.717, 1.165) is 30.2 Å². The van der Waals surface area contributed by atoms with Gasteiger partial charge in [0.2, 0.25) is 10.0 Å². The molecule has 0 saturated heterocycles. The summed E-state index contributed by atoms with van der Waals surface area (Å²) in [6, 6.07) is 9.63. The molecule has 2 aliphatic rings. The van der Waals surface area contributed by atoms with E-state index in [1.807, 2.05) is 18.2 Å². The number of rotatable bonds is 3. The zero-order chi connectivity index (χ0) is 18.1. The number of allylic oxidation sites excluding steroid dienone is 7. The van der Waals surface area contributed by atoms with Gasteiger partial charge < -0.3 is 0 Å². The average Bonchev–Trinajstić information content (AvgIpc) is 3.02. The van der Waals surface area contributed by atoms with Crippen LogP contribution in [0.15, 0.2) is 65.6 Å². The fourth-order valence-corrected chi connectivity index (χ4v) is 4.91. The Morgan fingerprint density at radius 3 is 2.88 bits per heavy atom. The second-order valence-electron chi connectivity index (χ2n) is 6.47. The van der Waals surface area contributed by atoms with Crippen LogP contribution in [0.3, 0.4) is 0 Å². The Morgan fingerprint density at radius 2 is 2.04 bits per heavy atom. The minimum absolute atomic E-state index is 0.574. The SMILES string of the molecule is CS(=O)(=O)Nc1cccc(/C=C2\C=CC3=C(CCC=C3)c3sccc32)c1. The summed E-state index contributed by atoms with van der Waals surface area (Å²) in [5.41, 5.74) is 6.63. The van der Waals surface area contributed by atoms with Crippen molar-refractivity contribution in [3.8, 4) is 0 Å². The van der Waals surface area contributed by atoms with Crippen LogP contribution >= 0.6 is 11.3 Å². The molecule has 0 atom stereocenters. The topological polar surface area (TPSA) is 46.2 Å². The van der Waals surface area contributed by atoms with E-state index in [1.165, 1.54) is 21.6 Å². The molecule has 0 bridgehead atoms. The first-order valence-electron chi connectivity index (χ1n) is 8.45. The van der Waals surface area contributed by atoms with Crippen molar-refractivity contribution in [3.05, 3.63) is 81.6 Å². The fourth-order valence-electron chi connectivity index (χ4n) is 3.33. The number of anilines is 1. The molecule has 132 valence electrons. The van der Waals surface area contributed by atoms with Gasteiger partial charge in [-0.15, -0.1) is 11.3 Å². The van der Waals surface area contributed by atoms with E-state index in [4.69, 9.17) is 0 Å². The Kier molecular flexibility index (Phi) is 4.42. The third-order valence-corrected chi connectivity index (χ3v) is 5.99. The van der Waals surface area contributed by atoms with Crippen LogP contribution in [-0.2, 0) is 10.0 Å². The molecule has 5 heteroatoms. The van der Waals surface area contributed by atoms with Gasteiger partial charge in [-0.25, -0.2) is 8.42 Å². The van der Waals surface area contributed by atoms with Crippen molar-refractivity contribution in [1.29, 1.82) is 0 Å². The molecular formula is C21H19NO2S2. The maximum absolute atomic E-state index is 11.5. The van der Waals surface area contributed by atoms with Gasteiger partial charge >= 0.3 is 0 Å². The van der Waals surface area contributed by atoms with Crippen molar-refractivity contribution in [2.75, 3.05) is 11.0 Å². The zero-order valence-corrected chi connectivity index (χ0v) is 16.0. The van der Waals surface area contributed by atoms with Crippen LogP contribution in [0.25, 0.3) is 17.2 Å². The minimum atomic E-state index is -3.28. The van der Waals surface area contributed by atoms with Gasteiger partial charge in [0.15, 0.2) is 0 Å². The van der Waals surface area contributed by atoms with Crippen LogP contribution in [0, 0.1) is 0 Å². The van der Waals surface area contributed by atoms with Gasteiger partial charge in [-0.1, -0.05) is 36.4 Å². The van der Waals surface area contributed by atoms with Crippen LogP contribution < -0.4 is 4.72 Å². The Balaban J connectivity index is 1.75. The maximum Gasteiger partial charge on any atom is 0.229 e. The van der Waals surface area contributed by atoms with Crippen LogP contribution in [0.1, 0.15) is 28.8 Å². The summed E-state index contributed by atoms with van der Waals surface area (Å²) in [4.78, 5) is 1.34. The largest absolute Gasteiger partial charge is 0.284 e. The van der Waals surface area contributed by atoms with E-state index in [0.29, 0.717) is 5.69 Å². The molecule has 1 aromatic carbocycles. The van der Waals surface area contributed by atoms with Gasteiger partial charge in [0.25, 0.3) is 0 Å². The fraction of sp³-hybridized carbons (Fsp3) is 0.143. The summed E-state index contributed by atoms with van der Waals surface area (Å²) >= 11 is 1.79. The molecular weight excluding hydrogens is 362 g/mol. The normalized spacial score (nSPS) is 17.8. The van der Waals surface area contributed by atoms with Crippen molar-refractivity contribution in [3.63, 3.8) is 0 Å². The lowest BCUT2D eigenvalue weighted by molar-refractivity contribution is 0.607. The van der Waals surface area contributed by atoms with E-state index in [2.05, 4.69) is 46.5 Å². The molecule has 4 rings (SSSR count). The molecule has 3 nitrogen and oxygen atoms in total. The third-order valence-electron chi connectivity index (χ3n) is 4.41. The van der Waals surface area contributed by atoms with E-state index in [-0.39, 0.29) is 0 Å². The standard InChI is InChI=1S/C21H19NO2S2/c1-26(23,24)22-18-7-4-5-15(14-18)13-17-10-9-16-6-2-3-8-19(16)21-20(17)11-12-25-21/h2,4-7,9-14,22H,3,8H2,1H3/b17-13+. The van der Waals surface area contributed by atoms with E-state index < -0.39 is 10.0 Å². The summed E-state index contributed by atoms with van der Waals surface area (Å²) in [6.07, 6.45) is 14.2. The smallest absolute Gasteiger partial charge is 0.229 e. The van der Waals surface area contributed by atoms with E-state index in [9.17, 15) is 8.42 Å². The van der Waals surface area contributed by atoms with Gasteiger partial charge in [0, 0.05) is 10.6 Å². The van der Waals surface area contributed by atoms with Gasteiger partial charge in [-0.05, 0) is 70.3 Å². The highest BCUT2D eigenvalue weighted by molar-refractivity contribution is 7.92. The number of sulfonamides is 1. The van der Waals surface area contributed by atoms with Gasteiger partial charge in [-0.2, -0.15) is 0 Å². The van der Waals surface area contributed by atoms with Crippen molar-refractivity contribution in [1.82, 2.24) is 0 Å². The first kappa shape index (κ1) is 17.1. The molecule has 0 spiro atoms. The third kappa shape index (κ3) is 3.59. The summed E-state index contributed by atoms with van der Waals surface area (Å²) < 4.78 is 25.5. The predicted molar refractivity (Wildman–Crippen MR) is 112 cm³/mol. The van der Waals surface area contributed by atoms with Crippen molar-refractivity contribution in [2.45, 2.75) is 12.8 Å². The molecule has 2 aromatic rings. The molecule has 0 unspecified atom stereocenters. The van der Waals surface area contributed by atoms with Crippen LogP contribution in [0.4, 0.5) is 5.69 Å². The van der Waals surface area contributed by atoms with Gasteiger partial charge in [-0.3, -0.25) is 4.72 Å². The minimum Gasteiger partial charge on any atom is -0.284 e. The number of hydrogen-bond acceptors (Lipinski definition) is 3. The molecule has 0 saturated carbocycles. The molecule has 0 fully saturated rings. The van der Waals surface area contributed by atoms with Gasteiger partial charge in [0.05, 0.1) is 6.26 Å². The highest BCUT2D eigenvalue weighted by atomic mass is 32.2. The van der Waals surface area contributed by atoms with Crippen molar-refractivity contribution < 1.29 is 8.42 Å². The lowest BCUT2D eigenvalue weighted by Gasteiger charge is -2.12. The molecule has 0 radical (unpaired) electrons. The molecule has 0 amide bonds. The highest BCUT2D eigenvalue weighted by Crippen LogP contribution is 2.40. The van der Waals surface area contributed by atoms with Gasteiger partial charge in [0.1, 0.15) is 0 Å². The maximum atomic E-state index is 11.5. The van der Waals surface area contributed by atoms with Crippen LogP contribution in [0.2, 0.25) is 0 Å². The van der Waals surface area contributed by atoms with Crippen LogP contribution in [-0.4, -0.2) is 14.7 Å². The Morgan fingerprint density at radius 1 is 1.15 bits per heavy atom. The monoisotopic (exact) mass is 381 g/mol. The second-order valence-corrected chi connectivity index (χ2v) is 9.14. The predicted octanol–water partition coefficient (Wildman–Crippen LogP) is 5.33. The Labute approximate surface area is 158 Å². The molecule has 1 N–H and O–H groups in total. The summed E-state index contributed by atoms with van der Waals surface area (Å²) in [5.74, 6) is 0. The Hall–Kier alpha value is -2.37. The number of thiophene rings is 1. The average molecular weight is 382 g/mol. The number of fused-ring (bicyclic) bond motifs is 2. The number of benzene rings is 1.